The number of anilines is 1. The summed E-state index contributed by atoms with van der Waals surface area (Å²) in [5.74, 6) is 1.27. The van der Waals surface area contributed by atoms with Crippen LogP contribution in [0.4, 0.5) is 5.82 Å². The number of ether oxygens (including phenoxy) is 2. The number of hydrogen-bond acceptors (Lipinski definition) is 8. The third kappa shape index (κ3) is 5.05. The van der Waals surface area contributed by atoms with Crippen molar-refractivity contribution in [3.8, 4) is 11.8 Å². The third-order valence-corrected chi connectivity index (χ3v) is 7.63. The molecule has 0 radical (unpaired) electrons. The lowest BCUT2D eigenvalue weighted by molar-refractivity contribution is -0.122. The quantitative estimate of drug-likeness (QED) is 0.400. The maximum Gasteiger partial charge on any atom is 0.270 e. The fourth-order valence-corrected chi connectivity index (χ4v) is 5.61. The highest BCUT2D eigenvalue weighted by Gasteiger charge is 2.33. The number of methoxy groups -OCH3 is 1. The Kier molecular flexibility index (Phi) is 8.14. The van der Waals surface area contributed by atoms with E-state index in [1.807, 2.05) is 31.2 Å². The molecule has 3 heterocycles. The summed E-state index contributed by atoms with van der Waals surface area (Å²) in [5.41, 5.74) is 1.99. The van der Waals surface area contributed by atoms with Gasteiger partial charge in [0.05, 0.1) is 31.8 Å². The molecule has 2 aromatic rings. The van der Waals surface area contributed by atoms with Crippen LogP contribution in [0.5, 0.6) is 5.75 Å². The molecule has 0 bridgehead atoms. The van der Waals surface area contributed by atoms with E-state index in [2.05, 4.69) is 11.0 Å². The predicted molar refractivity (Wildman–Crippen MR) is 145 cm³/mol. The number of benzene rings is 1. The van der Waals surface area contributed by atoms with E-state index in [1.165, 1.54) is 11.8 Å². The van der Waals surface area contributed by atoms with Gasteiger partial charge >= 0.3 is 0 Å². The monoisotopic (exact) mass is 524 g/mol. The molecule has 2 saturated heterocycles. The summed E-state index contributed by atoms with van der Waals surface area (Å²) in [7, 11) is 1.61. The number of nitriles is 1. The highest BCUT2D eigenvalue weighted by atomic mass is 32.2. The van der Waals surface area contributed by atoms with E-state index in [9.17, 15) is 14.9 Å². The summed E-state index contributed by atoms with van der Waals surface area (Å²) in [5, 5.41) is 9.79. The second-order valence-electron chi connectivity index (χ2n) is 8.52. The van der Waals surface area contributed by atoms with E-state index in [1.54, 1.807) is 29.6 Å². The van der Waals surface area contributed by atoms with Crippen molar-refractivity contribution in [3.63, 3.8) is 0 Å². The summed E-state index contributed by atoms with van der Waals surface area (Å²) in [6.45, 7) is 6.91. The zero-order chi connectivity index (χ0) is 25.8. The number of rotatable bonds is 7. The van der Waals surface area contributed by atoms with Crippen LogP contribution in [0, 0.1) is 18.3 Å². The SMILES string of the molecule is CCCn1c(N2CCOCC2)c(C=C2SC(=S)N(Cc3ccc(OC)cc3)C2=O)c(C)c(C#N)c1=O. The van der Waals surface area contributed by atoms with Crippen molar-refractivity contribution in [2.24, 2.45) is 0 Å². The number of amides is 1. The molecule has 0 saturated carbocycles. The molecular formula is C26H28N4O4S2. The van der Waals surface area contributed by atoms with Crippen LogP contribution in [0.2, 0.25) is 0 Å². The molecule has 1 aromatic heterocycles. The van der Waals surface area contributed by atoms with Gasteiger partial charge in [0.25, 0.3) is 11.5 Å². The first-order chi connectivity index (χ1) is 17.4. The van der Waals surface area contributed by atoms with Crippen molar-refractivity contribution in [2.45, 2.75) is 33.4 Å². The highest BCUT2D eigenvalue weighted by molar-refractivity contribution is 8.26. The standard InChI is InChI=1S/C26H28N4O4S2/c1-4-9-29-23(28-10-12-34-13-11-28)20(17(2)21(15-27)24(29)31)14-22-25(32)30(26(35)36-22)16-18-5-7-19(33-3)8-6-18/h5-8,14H,4,9-13,16H2,1-3H3. The number of carbonyl (C=O) groups is 1. The molecule has 0 spiro atoms. The minimum Gasteiger partial charge on any atom is -0.497 e. The van der Waals surface area contributed by atoms with Gasteiger partial charge in [-0.2, -0.15) is 5.26 Å². The Morgan fingerprint density at radius 1 is 1.22 bits per heavy atom. The molecule has 1 aromatic carbocycles. The Balaban J connectivity index is 1.77. The van der Waals surface area contributed by atoms with Crippen LogP contribution in [-0.2, 0) is 22.6 Å². The Labute approximate surface area is 220 Å². The van der Waals surface area contributed by atoms with Gasteiger partial charge in [0.2, 0.25) is 0 Å². The van der Waals surface area contributed by atoms with Gasteiger partial charge in [0, 0.05) is 25.2 Å². The number of nitrogens with zero attached hydrogens (tertiary/aromatic N) is 4. The lowest BCUT2D eigenvalue weighted by Crippen LogP contribution is -2.41. The average molecular weight is 525 g/mol. The third-order valence-electron chi connectivity index (χ3n) is 6.25. The molecule has 0 N–H and O–H groups in total. The molecule has 2 aliphatic heterocycles. The Morgan fingerprint density at radius 3 is 2.53 bits per heavy atom. The van der Waals surface area contributed by atoms with Crippen molar-refractivity contribution >= 4 is 46.1 Å². The average Bonchev–Trinajstić information content (AvgIpc) is 3.15. The first-order valence-electron chi connectivity index (χ1n) is 11.8. The van der Waals surface area contributed by atoms with E-state index in [4.69, 9.17) is 21.7 Å². The van der Waals surface area contributed by atoms with Crippen LogP contribution < -0.4 is 15.2 Å². The zero-order valence-corrected chi connectivity index (χ0v) is 22.2. The molecule has 2 aliphatic rings. The Morgan fingerprint density at radius 2 is 1.92 bits per heavy atom. The number of carbonyl (C=O) groups excluding carboxylic acids is 1. The number of aromatic nitrogens is 1. The lowest BCUT2D eigenvalue weighted by atomic mass is 10.0. The molecule has 188 valence electrons. The van der Waals surface area contributed by atoms with E-state index in [0.717, 1.165) is 23.6 Å². The summed E-state index contributed by atoms with van der Waals surface area (Å²) in [6, 6.07) is 9.59. The van der Waals surface area contributed by atoms with Crippen LogP contribution in [0.1, 0.15) is 35.6 Å². The fourth-order valence-electron chi connectivity index (χ4n) is 4.37. The Hall–Kier alpha value is -3.13. The molecule has 0 aliphatic carbocycles. The normalized spacial score (nSPS) is 17.1. The number of pyridine rings is 1. The van der Waals surface area contributed by atoms with Gasteiger partial charge in [0.1, 0.15) is 27.5 Å². The van der Waals surface area contributed by atoms with E-state index in [-0.39, 0.29) is 17.0 Å². The highest BCUT2D eigenvalue weighted by Crippen LogP contribution is 2.37. The second kappa shape index (κ2) is 11.3. The summed E-state index contributed by atoms with van der Waals surface area (Å²) in [4.78, 5) is 30.8. The molecule has 0 unspecified atom stereocenters. The lowest BCUT2D eigenvalue weighted by Gasteiger charge is -2.33. The minimum absolute atomic E-state index is 0.0976. The second-order valence-corrected chi connectivity index (χ2v) is 10.2. The van der Waals surface area contributed by atoms with Crippen LogP contribution in [-0.4, -0.2) is 53.1 Å². The van der Waals surface area contributed by atoms with Gasteiger partial charge in [-0.25, -0.2) is 0 Å². The number of thiocarbonyl (C=S) groups is 1. The number of thioether (sulfide) groups is 1. The number of hydrogen-bond donors (Lipinski definition) is 0. The van der Waals surface area contributed by atoms with Crippen molar-refractivity contribution < 1.29 is 14.3 Å². The van der Waals surface area contributed by atoms with Crippen molar-refractivity contribution in [1.82, 2.24) is 9.47 Å². The smallest absolute Gasteiger partial charge is 0.270 e. The molecule has 36 heavy (non-hydrogen) atoms. The summed E-state index contributed by atoms with van der Waals surface area (Å²) in [6.07, 6.45) is 2.52. The van der Waals surface area contributed by atoms with Crippen LogP contribution in [0.25, 0.3) is 6.08 Å². The van der Waals surface area contributed by atoms with E-state index in [0.29, 0.717) is 59.7 Å². The number of morpholine rings is 1. The van der Waals surface area contributed by atoms with Crippen molar-refractivity contribution in [2.75, 3.05) is 38.3 Å². The van der Waals surface area contributed by atoms with Crippen LogP contribution >= 0.6 is 24.0 Å². The van der Waals surface area contributed by atoms with E-state index >= 15 is 0 Å². The molecule has 4 rings (SSSR count). The maximum atomic E-state index is 13.4. The van der Waals surface area contributed by atoms with Gasteiger partial charge < -0.3 is 14.4 Å². The zero-order valence-electron chi connectivity index (χ0n) is 20.6. The fraction of sp³-hybridized carbons (Fsp3) is 0.385. The van der Waals surface area contributed by atoms with Gasteiger partial charge in [0.15, 0.2) is 0 Å². The largest absolute Gasteiger partial charge is 0.497 e. The van der Waals surface area contributed by atoms with Gasteiger partial charge in [-0.1, -0.05) is 43.0 Å². The topological polar surface area (TPSA) is 87.8 Å². The van der Waals surface area contributed by atoms with Crippen molar-refractivity contribution in [1.29, 1.82) is 5.26 Å². The molecule has 8 nitrogen and oxygen atoms in total. The van der Waals surface area contributed by atoms with Crippen molar-refractivity contribution in [3.05, 3.63) is 61.8 Å². The molecule has 10 heteroatoms. The summed E-state index contributed by atoms with van der Waals surface area (Å²) < 4.78 is 12.9. The Bertz CT molecular complexity index is 1310. The van der Waals surface area contributed by atoms with E-state index < -0.39 is 0 Å². The summed E-state index contributed by atoms with van der Waals surface area (Å²) >= 11 is 6.79. The first kappa shape index (κ1) is 25.9. The predicted octanol–water partition coefficient (Wildman–Crippen LogP) is 3.69. The maximum absolute atomic E-state index is 13.4. The first-order valence-corrected chi connectivity index (χ1v) is 13.0. The molecule has 0 atom stereocenters. The van der Waals surface area contributed by atoms with Crippen LogP contribution in [0.15, 0.2) is 34.0 Å². The molecular weight excluding hydrogens is 496 g/mol. The van der Waals surface area contributed by atoms with Gasteiger partial charge in [-0.3, -0.25) is 19.1 Å². The minimum atomic E-state index is -0.303. The molecule has 2 fully saturated rings. The van der Waals surface area contributed by atoms with Gasteiger partial charge in [-0.15, -0.1) is 0 Å². The van der Waals surface area contributed by atoms with Crippen LogP contribution in [0.3, 0.4) is 0 Å². The molecule has 1 amide bonds. The van der Waals surface area contributed by atoms with Gasteiger partial charge in [-0.05, 0) is 42.7 Å².